The second kappa shape index (κ2) is 5.56. The fourth-order valence-electron chi connectivity index (χ4n) is 1.66. The van der Waals surface area contributed by atoms with Gasteiger partial charge in [-0.3, -0.25) is 0 Å². The molecule has 19 heavy (non-hydrogen) atoms. The number of nitrogen functional groups attached to an aromatic ring is 1. The Kier molecular flexibility index (Phi) is 3.85. The van der Waals surface area contributed by atoms with Crippen LogP contribution in [-0.2, 0) is 0 Å². The smallest absolute Gasteiger partial charge is 0.167 e. The highest BCUT2D eigenvalue weighted by Gasteiger charge is 2.09. The molecule has 0 fully saturated rings. The molecule has 0 aliphatic rings. The Hall–Kier alpha value is -2.30. The summed E-state index contributed by atoms with van der Waals surface area (Å²) in [5, 5.41) is 2.93. The predicted molar refractivity (Wildman–Crippen MR) is 71.7 cm³/mol. The van der Waals surface area contributed by atoms with Crippen LogP contribution in [0.5, 0.6) is 5.75 Å². The number of nitrogens with one attached hydrogen (secondary N) is 1. The molecule has 3 nitrogen and oxygen atoms in total. The van der Waals surface area contributed by atoms with Gasteiger partial charge in [-0.2, -0.15) is 0 Å². The van der Waals surface area contributed by atoms with E-state index in [0.717, 1.165) is 0 Å². The van der Waals surface area contributed by atoms with Crippen LogP contribution in [0.1, 0.15) is 6.92 Å². The van der Waals surface area contributed by atoms with Gasteiger partial charge in [0.15, 0.2) is 11.6 Å². The second-order valence-corrected chi connectivity index (χ2v) is 3.94. The maximum atomic E-state index is 13.5. The van der Waals surface area contributed by atoms with Gasteiger partial charge >= 0.3 is 0 Å². The summed E-state index contributed by atoms with van der Waals surface area (Å²) >= 11 is 0. The molecule has 100 valence electrons. The molecule has 0 aliphatic carbocycles. The van der Waals surface area contributed by atoms with Crippen molar-refractivity contribution in [2.24, 2.45) is 0 Å². The average molecular weight is 264 g/mol. The molecule has 5 heteroatoms. The highest BCUT2D eigenvalue weighted by molar-refractivity contribution is 5.74. The van der Waals surface area contributed by atoms with Crippen molar-refractivity contribution in [3.05, 3.63) is 48.0 Å². The molecule has 0 heterocycles. The number of rotatable bonds is 4. The maximum Gasteiger partial charge on any atom is 0.167 e. The predicted octanol–water partition coefficient (Wildman–Crippen LogP) is 3.69. The van der Waals surface area contributed by atoms with Crippen molar-refractivity contribution in [1.29, 1.82) is 0 Å². The fraction of sp³-hybridized carbons (Fsp3) is 0.143. The molecule has 3 N–H and O–H groups in total. The molecule has 0 aromatic heterocycles. The molecular weight excluding hydrogens is 250 g/mol. The monoisotopic (exact) mass is 264 g/mol. The summed E-state index contributed by atoms with van der Waals surface area (Å²) in [6, 6.07) is 8.55. The first-order valence-corrected chi connectivity index (χ1v) is 5.84. The van der Waals surface area contributed by atoms with Crippen LogP contribution in [0.4, 0.5) is 25.8 Å². The van der Waals surface area contributed by atoms with Gasteiger partial charge < -0.3 is 15.8 Å². The minimum absolute atomic E-state index is 0.107. The third-order valence-electron chi connectivity index (χ3n) is 2.51. The highest BCUT2D eigenvalue weighted by atomic mass is 19.1. The normalized spacial score (nSPS) is 10.3. The third-order valence-corrected chi connectivity index (χ3v) is 2.51. The van der Waals surface area contributed by atoms with Crippen LogP contribution in [0.25, 0.3) is 0 Å². The lowest BCUT2D eigenvalue weighted by Crippen LogP contribution is -2.01. The SMILES string of the molecule is CCOc1cc(Nc2cccc(F)c2)c(N)cc1F. The fourth-order valence-corrected chi connectivity index (χ4v) is 1.66. The summed E-state index contributed by atoms with van der Waals surface area (Å²) < 4.78 is 31.8. The van der Waals surface area contributed by atoms with Gasteiger partial charge in [-0.25, -0.2) is 8.78 Å². The zero-order chi connectivity index (χ0) is 13.8. The first kappa shape index (κ1) is 13.1. The summed E-state index contributed by atoms with van der Waals surface area (Å²) in [5.41, 5.74) is 6.94. The van der Waals surface area contributed by atoms with Crippen LogP contribution >= 0.6 is 0 Å². The van der Waals surface area contributed by atoms with Crippen LogP contribution in [0.15, 0.2) is 36.4 Å². The molecule has 0 aliphatic heterocycles. The van der Waals surface area contributed by atoms with Crippen molar-refractivity contribution in [3.8, 4) is 5.75 Å². The number of nitrogens with two attached hydrogens (primary N) is 1. The summed E-state index contributed by atoms with van der Waals surface area (Å²) in [4.78, 5) is 0. The molecule has 0 radical (unpaired) electrons. The van der Waals surface area contributed by atoms with Gasteiger partial charge in [0.25, 0.3) is 0 Å². The summed E-state index contributed by atoms with van der Waals surface area (Å²) in [5.74, 6) is -0.782. The van der Waals surface area contributed by atoms with Gasteiger partial charge in [-0.05, 0) is 25.1 Å². The van der Waals surface area contributed by atoms with Crippen LogP contribution < -0.4 is 15.8 Å². The van der Waals surface area contributed by atoms with Gasteiger partial charge in [0.05, 0.1) is 18.0 Å². The Balaban J connectivity index is 2.31. The van der Waals surface area contributed by atoms with E-state index in [1.165, 1.54) is 24.3 Å². The third kappa shape index (κ3) is 3.13. The molecule has 0 atom stereocenters. The molecule has 2 rings (SSSR count). The second-order valence-electron chi connectivity index (χ2n) is 3.94. The zero-order valence-corrected chi connectivity index (χ0v) is 10.4. The van der Waals surface area contributed by atoms with Crippen molar-refractivity contribution in [2.45, 2.75) is 6.92 Å². The van der Waals surface area contributed by atoms with Gasteiger partial charge in [0.2, 0.25) is 0 Å². The maximum absolute atomic E-state index is 13.5. The molecule has 0 unspecified atom stereocenters. The standard InChI is InChI=1S/C14H14F2N2O/c1-2-19-14-8-13(12(17)7-11(14)16)18-10-5-3-4-9(15)6-10/h3-8,18H,2,17H2,1H3. The van der Waals surface area contributed by atoms with E-state index in [0.29, 0.717) is 18.0 Å². The first-order valence-electron chi connectivity index (χ1n) is 5.84. The summed E-state index contributed by atoms with van der Waals surface area (Å²) in [7, 11) is 0. The lowest BCUT2D eigenvalue weighted by Gasteiger charge is -2.12. The van der Waals surface area contributed by atoms with Gasteiger partial charge in [0, 0.05) is 17.8 Å². The zero-order valence-electron chi connectivity index (χ0n) is 10.4. The van der Waals surface area contributed by atoms with Gasteiger partial charge in [-0.15, -0.1) is 0 Å². The van der Waals surface area contributed by atoms with Crippen LogP contribution in [0.3, 0.4) is 0 Å². The van der Waals surface area contributed by atoms with Crippen molar-refractivity contribution in [1.82, 2.24) is 0 Å². The van der Waals surface area contributed by atoms with E-state index < -0.39 is 5.82 Å². The van der Waals surface area contributed by atoms with E-state index in [1.807, 2.05) is 0 Å². The van der Waals surface area contributed by atoms with Crippen LogP contribution in [0.2, 0.25) is 0 Å². The van der Waals surface area contributed by atoms with Crippen LogP contribution in [-0.4, -0.2) is 6.61 Å². The Morgan fingerprint density at radius 2 is 2.00 bits per heavy atom. The lowest BCUT2D eigenvalue weighted by molar-refractivity contribution is 0.322. The van der Waals surface area contributed by atoms with Crippen molar-refractivity contribution < 1.29 is 13.5 Å². The van der Waals surface area contributed by atoms with Crippen LogP contribution in [0, 0.1) is 11.6 Å². The van der Waals surface area contributed by atoms with Gasteiger partial charge in [-0.1, -0.05) is 6.07 Å². The molecule has 0 saturated heterocycles. The first-order chi connectivity index (χ1) is 9.10. The minimum Gasteiger partial charge on any atom is -0.491 e. The Morgan fingerprint density at radius 1 is 1.21 bits per heavy atom. The quantitative estimate of drug-likeness (QED) is 0.828. The average Bonchev–Trinajstić information content (AvgIpc) is 2.35. The largest absolute Gasteiger partial charge is 0.491 e. The Bertz CT molecular complexity index is 588. The van der Waals surface area contributed by atoms with E-state index >= 15 is 0 Å². The molecule has 0 bridgehead atoms. The number of hydrogen-bond acceptors (Lipinski definition) is 3. The molecule has 0 spiro atoms. The number of hydrogen-bond donors (Lipinski definition) is 2. The molecule has 2 aromatic carbocycles. The lowest BCUT2D eigenvalue weighted by atomic mass is 10.2. The van der Waals surface area contributed by atoms with Crippen molar-refractivity contribution in [3.63, 3.8) is 0 Å². The highest BCUT2D eigenvalue weighted by Crippen LogP contribution is 2.30. The Morgan fingerprint density at radius 3 is 2.68 bits per heavy atom. The van der Waals surface area contributed by atoms with E-state index in [1.54, 1.807) is 19.1 Å². The number of halogens is 2. The summed E-state index contributed by atoms with van der Waals surface area (Å²) in [6.45, 7) is 2.11. The molecule has 2 aromatic rings. The number of anilines is 3. The van der Waals surface area contributed by atoms with Crippen molar-refractivity contribution in [2.75, 3.05) is 17.7 Å². The summed E-state index contributed by atoms with van der Waals surface area (Å²) in [6.07, 6.45) is 0. The van der Waals surface area contributed by atoms with E-state index in [-0.39, 0.29) is 17.3 Å². The molecule has 0 amide bonds. The minimum atomic E-state index is -0.524. The van der Waals surface area contributed by atoms with Crippen molar-refractivity contribution >= 4 is 17.1 Å². The molecule has 0 saturated carbocycles. The Labute approximate surface area is 110 Å². The topological polar surface area (TPSA) is 47.3 Å². The molecular formula is C14H14F2N2O. The van der Waals surface area contributed by atoms with E-state index in [9.17, 15) is 8.78 Å². The number of benzene rings is 2. The number of ether oxygens (including phenoxy) is 1. The van der Waals surface area contributed by atoms with Gasteiger partial charge in [0.1, 0.15) is 5.82 Å². The van der Waals surface area contributed by atoms with E-state index in [4.69, 9.17) is 10.5 Å². The van der Waals surface area contributed by atoms with E-state index in [2.05, 4.69) is 5.32 Å².